The van der Waals surface area contributed by atoms with Crippen molar-refractivity contribution >= 4 is 21.8 Å². The fourth-order valence-corrected chi connectivity index (χ4v) is 5.67. The van der Waals surface area contributed by atoms with E-state index >= 15 is 0 Å². The molecule has 2 rings (SSSR count). The number of unbranched alkanes of at least 4 members (excludes halogenated alkanes) is 1. The molecule has 0 spiro atoms. The number of halogens is 5. The molecule has 234 valence electrons. The second-order valence-electron chi connectivity index (χ2n) is 9.74. The van der Waals surface area contributed by atoms with E-state index in [1.165, 1.54) is 19.2 Å². The number of aliphatic hydroxyl groups excluding tert-OH is 1. The molecule has 5 N–H and O–H groups in total. The van der Waals surface area contributed by atoms with Crippen LogP contribution in [0.15, 0.2) is 42.5 Å². The van der Waals surface area contributed by atoms with E-state index in [1.54, 1.807) is 6.92 Å². The van der Waals surface area contributed by atoms with Gasteiger partial charge in [-0.25, -0.2) is 22.0 Å². The van der Waals surface area contributed by atoms with Gasteiger partial charge in [0.15, 0.2) is 9.84 Å². The number of alkyl halides is 3. The first-order valence-corrected chi connectivity index (χ1v) is 14.9. The van der Waals surface area contributed by atoms with Gasteiger partial charge in [-0.2, -0.15) is 13.2 Å². The Bertz CT molecular complexity index is 1290. The zero-order chi connectivity index (χ0) is 31.5. The van der Waals surface area contributed by atoms with E-state index in [2.05, 4.69) is 21.3 Å². The molecule has 0 unspecified atom stereocenters. The third kappa shape index (κ3) is 11.9. The number of rotatable bonds is 15. The zero-order valence-electron chi connectivity index (χ0n) is 23.1. The highest BCUT2D eigenvalue weighted by Gasteiger charge is 2.32. The van der Waals surface area contributed by atoms with Crippen LogP contribution in [-0.4, -0.2) is 68.7 Å². The Hall–Kier alpha value is -3.30. The number of hydrogen-bond donors (Lipinski definition) is 5. The van der Waals surface area contributed by atoms with Gasteiger partial charge in [-0.1, -0.05) is 31.5 Å². The summed E-state index contributed by atoms with van der Waals surface area (Å²) in [7, 11) is -2.52. The quantitative estimate of drug-likeness (QED) is 0.194. The van der Waals surface area contributed by atoms with Gasteiger partial charge in [0.05, 0.1) is 29.2 Å². The predicted octanol–water partition coefficient (Wildman–Crippen LogP) is 2.67. The van der Waals surface area contributed by atoms with E-state index in [0.29, 0.717) is 18.9 Å². The fraction of sp³-hybridized carbons (Fsp3) is 0.481. The number of nitrogens with one attached hydrogen (secondary N) is 4. The van der Waals surface area contributed by atoms with E-state index in [4.69, 9.17) is 0 Å². The molecular formula is C27H35F5N4O5S. The average Bonchev–Trinajstić information content (AvgIpc) is 2.90. The summed E-state index contributed by atoms with van der Waals surface area (Å²) < 4.78 is 91.9. The monoisotopic (exact) mass is 622 g/mol. The Balaban J connectivity index is 2.24. The molecule has 9 nitrogen and oxygen atoms in total. The Morgan fingerprint density at radius 2 is 1.67 bits per heavy atom. The van der Waals surface area contributed by atoms with Gasteiger partial charge in [0.25, 0.3) is 0 Å². The highest BCUT2D eigenvalue weighted by molar-refractivity contribution is 7.91. The summed E-state index contributed by atoms with van der Waals surface area (Å²) in [5, 5.41) is 20.6. The molecule has 0 aliphatic rings. The van der Waals surface area contributed by atoms with Crippen LogP contribution in [-0.2, 0) is 33.8 Å². The SMILES string of the molecule is CCCCS(=O)(=O)C[C@@H](NC(=O)NC)C(=O)N[C@@H](Cc1cc(F)cc(F)c1)[C@H](O)CNCc1cccc(C(F)(F)F)c1. The van der Waals surface area contributed by atoms with Crippen LogP contribution in [0.3, 0.4) is 0 Å². The van der Waals surface area contributed by atoms with Crippen LogP contribution in [0.1, 0.15) is 36.5 Å². The molecule has 15 heteroatoms. The number of amides is 3. The number of carbonyl (C=O) groups is 2. The van der Waals surface area contributed by atoms with Crippen molar-refractivity contribution in [3.05, 3.63) is 70.8 Å². The minimum absolute atomic E-state index is 0.0566. The molecule has 3 atom stereocenters. The maximum Gasteiger partial charge on any atom is 0.416 e. The highest BCUT2D eigenvalue weighted by atomic mass is 32.2. The van der Waals surface area contributed by atoms with Crippen molar-refractivity contribution < 1.29 is 45.1 Å². The Morgan fingerprint density at radius 1 is 1.00 bits per heavy atom. The number of carbonyl (C=O) groups excluding carboxylic acids is 2. The first-order valence-electron chi connectivity index (χ1n) is 13.1. The molecule has 0 aromatic heterocycles. The van der Waals surface area contributed by atoms with Gasteiger partial charge in [0.2, 0.25) is 5.91 Å². The van der Waals surface area contributed by atoms with Crippen molar-refractivity contribution in [2.45, 2.75) is 57.1 Å². The average molecular weight is 623 g/mol. The summed E-state index contributed by atoms with van der Waals surface area (Å²) in [5.41, 5.74) is -0.540. The number of sulfone groups is 1. The van der Waals surface area contributed by atoms with Crippen molar-refractivity contribution in [3.63, 3.8) is 0 Å². The van der Waals surface area contributed by atoms with Crippen LogP contribution in [0.2, 0.25) is 0 Å². The van der Waals surface area contributed by atoms with Gasteiger partial charge in [-0.15, -0.1) is 0 Å². The Labute approximate surface area is 241 Å². The largest absolute Gasteiger partial charge is 0.416 e. The van der Waals surface area contributed by atoms with E-state index < -0.39 is 69.1 Å². The van der Waals surface area contributed by atoms with Crippen LogP contribution >= 0.6 is 0 Å². The lowest BCUT2D eigenvalue weighted by molar-refractivity contribution is -0.137. The van der Waals surface area contributed by atoms with Gasteiger partial charge in [-0.05, 0) is 42.2 Å². The summed E-state index contributed by atoms with van der Waals surface area (Å²) in [6.07, 6.45) is -5.40. The Kier molecular flexibility index (Phi) is 13.1. The van der Waals surface area contributed by atoms with Crippen LogP contribution in [0.5, 0.6) is 0 Å². The number of benzene rings is 2. The number of hydrogen-bond acceptors (Lipinski definition) is 6. The minimum Gasteiger partial charge on any atom is -0.390 e. The van der Waals surface area contributed by atoms with Crippen LogP contribution in [0.25, 0.3) is 0 Å². The lowest BCUT2D eigenvalue weighted by Gasteiger charge is -2.27. The van der Waals surface area contributed by atoms with Crippen LogP contribution in [0.4, 0.5) is 26.7 Å². The maximum absolute atomic E-state index is 13.8. The predicted molar refractivity (Wildman–Crippen MR) is 146 cm³/mol. The standard InChI is InChI=1S/C27H35F5N4O5S/c1-3-4-8-42(40,41)16-23(36-26(39)33-2)25(38)35-22(12-18-10-20(28)13-21(29)11-18)24(37)15-34-14-17-6-5-7-19(9-17)27(30,31)32/h5-7,9-11,13,22-24,34,37H,3-4,8,12,14-16H2,1-2H3,(H,35,38)(H2,33,36,39)/t22-,23+,24+/m0/s1. The molecule has 0 radical (unpaired) electrons. The molecule has 42 heavy (non-hydrogen) atoms. The maximum atomic E-state index is 13.8. The molecule has 0 aliphatic heterocycles. The third-order valence-electron chi connectivity index (χ3n) is 6.19. The summed E-state index contributed by atoms with van der Waals surface area (Å²) in [6.45, 7) is 1.42. The molecule has 0 saturated carbocycles. The van der Waals surface area contributed by atoms with E-state index in [9.17, 15) is 45.1 Å². The van der Waals surface area contributed by atoms with Gasteiger partial charge in [-0.3, -0.25) is 4.79 Å². The zero-order valence-corrected chi connectivity index (χ0v) is 23.9. The molecular weight excluding hydrogens is 587 g/mol. The molecule has 0 aliphatic carbocycles. The van der Waals surface area contributed by atoms with E-state index in [1.807, 2.05) is 0 Å². The normalized spacial score (nSPS) is 14.1. The van der Waals surface area contributed by atoms with Crippen molar-refractivity contribution in [1.29, 1.82) is 0 Å². The van der Waals surface area contributed by atoms with Gasteiger partial charge < -0.3 is 26.4 Å². The Morgan fingerprint density at radius 3 is 2.26 bits per heavy atom. The first kappa shape index (κ1) is 34.9. The summed E-state index contributed by atoms with van der Waals surface area (Å²) in [6, 6.07) is 3.46. The third-order valence-corrected chi connectivity index (χ3v) is 7.94. The van der Waals surface area contributed by atoms with Gasteiger partial charge in [0, 0.05) is 26.2 Å². The highest BCUT2D eigenvalue weighted by Crippen LogP contribution is 2.29. The lowest BCUT2D eigenvalue weighted by Crippen LogP contribution is -2.57. The van der Waals surface area contributed by atoms with Gasteiger partial charge in [0.1, 0.15) is 17.7 Å². The molecule has 2 aromatic rings. The number of urea groups is 1. The van der Waals surface area contributed by atoms with Crippen molar-refractivity contribution in [2.75, 3.05) is 25.1 Å². The second kappa shape index (κ2) is 15.8. The van der Waals surface area contributed by atoms with E-state index in [0.717, 1.165) is 24.3 Å². The molecule has 0 fully saturated rings. The van der Waals surface area contributed by atoms with Crippen LogP contribution < -0.4 is 21.3 Å². The molecule has 2 aromatic carbocycles. The summed E-state index contributed by atoms with van der Waals surface area (Å²) in [5.74, 6) is -3.76. The lowest BCUT2D eigenvalue weighted by atomic mass is 10.00. The molecule has 3 amide bonds. The topological polar surface area (TPSA) is 137 Å². The summed E-state index contributed by atoms with van der Waals surface area (Å²) in [4.78, 5) is 25.2. The van der Waals surface area contributed by atoms with E-state index in [-0.39, 0.29) is 36.4 Å². The second-order valence-corrected chi connectivity index (χ2v) is 12.0. The molecule has 0 bridgehead atoms. The first-order chi connectivity index (χ1) is 19.6. The molecule has 0 heterocycles. The summed E-state index contributed by atoms with van der Waals surface area (Å²) >= 11 is 0. The fourth-order valence-electron chi connectivity index (χ4n) is 4.03. The van der Waals surface area contributed by atoms with Crippen molar-refractivity contribution in [1.82, 2.24) is 21.3 Å². The van der Waals surface area contributed by atoms with Crippen molar-refractivity contribution in [3.8, 4) is 0 Å². The minimum atomic E-state index is -4.55. The van der Waals surface area contributed by atoms with Crippen molar-refractivity contribution in [2.24, 2.45) is 0 Å². The number of aliphatic hydroxyl groups is 1. The smallest absolute Gasteiger partial charge is 0.390 e. The molecule has 0 saturated heterocycles. The van der Waals surface area contributed by atoms with Crippen LogP contribution in [0, 0.1) is 11.6 Å². The van der Waals surface area contributed by atoms with Gasteiger partial charge >= 0.3 is 12.2 Å².